The molecule has 17 heavy (non-hydrogen) atoms. The van der Waals surface area contributed by atoms with Crippen molar-refractivity contribution in [1.82, 2.24) is 10.6 Å². The van der Waals surface area contributed by atoms with Crippen molar-refractivity contribution in [1.29, 1.82) is 0 Å². The van der Waals surface area contributed by atoms with Crippen LogP contribution in [0.15, 0.2) is 0 Å². The van der Waals surface area contributed by atoms with Crippen LogP contribution in [0.4, 0.5) is 0 Å². The fourth-order valence-electron chi connectivity index (χ4n) is 1.88. The highest BCUT2D eigenvalue weighted by Gasteiger charge is 2.16. The van der Waals surface area contributed by atoms with E-state index in [4.69, 9.17) is 4.74 Å². The Labute approximate surface area is 108 Å². The molecule has 1 aliphatic heterocycles. The van der Waals surface area contributed by atoms with Crippen LogP contribution >= 0.6 is 11.8 Å². The van der Waals surface area contributed by atoms with Crippen LogP contribution in [0.2, 0.25) is 0 Å². The van der Waals surface area contributed by atoms with Crippen molar-refractivity contribution in [3.8, 4) is 0 Å². The summed E-state index contributed by atoms with van der Waals surface area (Å²) in [7, 11) is 0. The maximum absolute atomic E-state index is 11.7. The van der Waals surface area contributed by atoms with E-state index >= 15 is 0 Å². The third kappa shape index (κ3) is 6.29. The first-order valence-corrected chi connectivity index (χ1v) is 7.75. The van der Waals surface area contributed by atoms with E-state index in [1.807, 2.05) is 11.8 Å². The zero-order chi connectivity index (χ0) is 12.5. The molecule has 1 saturated heterocycles. The van der Waals surface area contributed by atoms with Crippen molar-refractivity contribution in [2.75, 3.05) is 31.8 Å². The lowest BCUT2D eigenvalue weighted by molar-refractivity contribution is -0.121. The predicted molar refractivity (Wildman–Crippen MR) is 72.4 cm³/mol. The second-order valence-electron chi connectivity index (χ2n) is 4.40. The molecule has 1 rings (SSSR count). The van der Waals surface area contributed by atoms with E-state index in [0.29, 0.717) is 18.6 Å². The maximum atomic E-state index is 11.7. The van der Waals surface area contributed by atoms with Crippen LogP contribution in [0.25, 0.3) is 0 Å². The minimum absolute atomic E-state index is 0.108. The van der Waals surface area contributed by atoms with Gasteiger partial charge in [-0.2, -0.15) is 11.8 Å². The van der Waals surface area contributed by atoms with E-state index in [2.05, 4.69) is 23.8 Å². The molecule has 4 nitrogen and oxygen atoms in total. The Morgan fingerprint density at radius 1 is 1.47 bits per heavy atom. The molecule has 0 saturated carbocycles. The topological polar surface area (TPSA) is 50.4 Å². The molecule has 1 fully saturated rings. The Morgan fingerprint density at radius 3 is 2.76 bits per heavy atom. The predicted octanol–water partition coefficient (Wildman–Crippen LogP) is 1.01. The third-order valence-electron chi connectivity index (χ3n) is 3.00. The van der Waals surface area contributed by atoms with Gasteiger partial charge in [-0.25, -0.2) is 0 Å². The highest BCUT2D eigenvalue weighted by molar-refractivity contribution is 7.98. The zero-order valence-electron chi connectivity index (χ0n) is 10.8. The summed E-state index contributed by atoms with van der Waals surface area (Å²) in [5, 5.41) is 6.35. The van der Waals surface area contributed by atoms with Gasteiger partial charge in [0.15, 0.2) is 0 Å². The number of nitrogens with one attached hydrogen (secondary N) is 2. The molecule has 0 bridgehead atoms. The highest BCUT2D eigenvalue weighted by atomic mass is 32.2. The third-order valence-corrected chi connectivity index (χ3v) is 3.73. The van der Waals surface area contributed by atoms with E-state index in [-0.39, 0.29) is 5.91 Å². The van der Waals surface area contributed by atoms with Gasteiger partial charge in [0, 0.05) is 31.1 Å². The molecule has 0 aromatic carbocycles. The molecule has 1 unspecified atom stereocenters. The summed E-state index contributed by atoms with van der Waals surface area (Å²) in [5.41, 5.74) is 0. The minimum atomic E-state index is 0.108. The first-order valence-electron chi connectivity index (χ1n) is 6.35. The second kappa shape index (κ2) is 8.78. The quantitative estimate of drug-likeness (QED) is 0.717. The summed E-state index contributed by atoms with van der Waals surface area (Å²) in [4.78, 5) is 11.7. The van der Waals surface area contributed by atoms with Gasteiger partial charge < -0.3 is 15.4 Å². The van der Waals surface area contributed by atoms with E-state index in [9.17, 15) is 4.79 Å². The number of ether oxygens (including phenoxy) is 1. The smallest absolute Gasteiger partial charge is 0.234 e. The van der Waals surface area contributed by atoms with Crippen molar-refractivity contribution in [3.05, 3.63) is 0 Å². The van der Waals surface area contributed by atoms with Crippen LogP contribution in [0, 0.1) is 0 Å². The number of hydrogen-bond acceptors (Lipinski definition) is 4. The molecule has 5 heteroatoms. The molecule has 0 aromatic heterocycles. The summed E-state index contributed by atoms with van der Waals surface area (Å²) in [6.07, 6.45) is 5.03. The van der Waals surface area contributed by atoms with Gasteiger partial charge in [0.05, 0.1) is 6.54 Å². The minimum Gasteiger partial charge on any atom is -0.381 e. The molecule has 0 aromatic rings. The first-order chi connectivity index (χ1) is 8.26. The van der Waals surface area contributed by atoms with Gasteiger partial charge >= 0.3 is 0 Å². The SMILES string of the molecule is CCC(CSC)NCC(=O)NC1CCOCC1. The Balaban J connectivity index is 2.14. The molecule has 1 heterocycles. The van der Waals surface area contributed by atoms with Crippen molar-refractivity contribution >= 4 is 17.7 Å². The number of amides is 1. The summed E-state index contributed by atoms with van der Waals surface area (Å²) in [5.74, 6) is 1.16. The summed E-state index contributed by atoms with van der Waals surface area (Å²) >= 11 is 1.81. The Hall–Kier alpha value is -0.260. The van der Waals surface area contributed by atoms with Gasteiger partial charge in [0.1, 0.15) is 0 Å². The van der Waals surface area contributed by atoms with E-state index in [1.165, 1.54) is 0 Å². The number of rotatable bonds is 7. The fourth-order valence-corrected chi connectivity index (χ4v) is 2.64. The van der Waals surface area contributed by atoms with Gasteiger partial charge in [-0.1, -0.05) is 6.92 Å². The lowest BCUT2D eigenvalue weighted by Crippen LogP contribution is -2.45. The molecule has 0 spiro atoms. The van der Waals surface area contributed by atoms with E-state index in [0.717, 1.165) is 38.2 Å². The number of carbonyl (C=O) groups is 1. The van der Waals surface area contributed by atoms with Crippen molar-refractivity contribution in [2.24, 2.45) is 0 Å². The van der Waals surface area contributed by atoms with E-state index < -0.39 is 0 Å². The lowest BCUT2D eigenvalue weighted by atomic mass is 10.1. The molecule has 0 radical (unpaired) electrons. The second-order valence-corrected chi connectivity index (χ2v) is 5.31. The van der Waals surface area contributed by atoms with Crippen molar-refractivity contribution < 1.29 is 9.53 Å². The van der Waals surface area contributed by atoms with E-state index in [1.54, 1.807) is 0 Å². The molecule has 2 N–H and O–H groups in total. The highest BCUT2D eigenvalue weighted by Crippen LogP contribution is 2.05. The Bertz CT molecular complexity index is 221. The number of carbonyl (C=O) groups excluding carboxylic acids is 1. The lowest BCUT2D eigenvalue weighted by Gasteiger charge is -2.23. The zero-order valence-corrected chi connectivity index (χ0v) is 11.6. The average Bonchev–Trinajstić information content (AvgIpc) is 2.35. The molecule has 1 atom stereocenters. The van der Waals surface area contributed by atoms with Crippen LogP contribution < -0.4 is 10.6 Å². The van der Waals surface area contributed by atoms with Crippen LogP contribution in [-0.4, -0.2) is 49.8 Å². The van der Waals surface area contributed by atoms with Gasteiger partial charge in [0.25, 0.3) is 0 Å². The molecular weight excluding hydrogens is 236 g/mol. The first kappa shape index (κ1) is 14.8. The molecular formula is C12H24N2O2S. The molecule has 100 valence electrons. The standard InChI is InChI=1S/C12H24N2O2S/c1-3-10(9-17-2)13-8-12(15)14-11-4-6-16-7-5-11/h10-11,13H,3-9H2,1-2H3,(H,14,15). The van der Waals surface area contributed by atoms with Crippen LogP contribution in [0.1, 0.15) is 26.2 Å². The number of thioether (sulfide) groups is 1. The van der Waals surface area contributed by atoms with Gasteiger partial charge in [-0.3, -0.25) is 4.79 Å². The average molecular weight is 260 g/mol. The van der Waals surface area contributed by atoms with Crippen molar-refractivity contribution in [3.63, 3.8) is 0 Å². The Kier molecular flexibility index (Phi) is 7.64. The normalized spacial score (nSPS) is 18.9. The summed E-state index contributed by atoms with van der Waals surface area (Å²) < 4.78 is 5.26. The largest absolute Gasteiger partial charge is 0.381 e. The van der Waals surface area contributed by atoms with Gasteiger partial charge in [-0.15, -0.1) is 0 Å². The summed E-state index contributed by atoms with van der Waals surface area (Å²) in [6, 6.07) is 0.740. The van der Waals surface area contributed by atoms with Gasteiger partial charge in [0.2, 0.25) is 5.91 Å². The Morgan fingerprint density at radius 2 is 2.18 bits per heavy atom. The van der Waals surface area contributed by atoms with Crippen molar-refractivity contribution in [2.45, 2.75) is 38.3 Å². The van der Waals surface area contributed by atoms with Crippen LogP contribution in [0.5, 0.6) is 0 Å². The molecule has 1 amide bonds. The monoisotopic (exact) mass is 260 g/mol. The van der Waals surface area contributed by atoms with Crippen LogP contribution in [0.3, 0.4) is 0 Å². The summed E-state index contributed by atoms with van der Waals surface area (Å²) in [6.45, 7) is 4.10. The van der Waals surface area contributed by atoms with Gasteiger partial charge in [-0.05, 0) is 25.5 Å². The number of hydrogen-bond donors (Lipinski definition) is 2. The van der Waals surface area contributed by atoms with Crippen LogP contribution in [-0.2, 0) is 9.53 Å². The molecule has 1 aliphatic rings. The molecule has 0 aliphatic carbocycles. The maximum Gasteiger partial charge on any atom is 0.234 e. The fraction of sp³-hybridized carbons (Fsp3) is 0.917.